The van der Waals surface area contributed by atoms with Gasteiger partial charge in [-0.2, -0.15) is 5.26 Å². The van der Waals surface area contributed by atoms with Gasteiger partial charge in [0, 0.05) is 0 Å². The number of hydrogen-bond acceptors (Lipinski definition) is 2. The molecular weight excluding hydrogens is 222 g/mol. The second-order valence-corrected chi connectivity index (χ2v) is 5.30. The Bertz CT molecular complexity index is 398. The molecule has 0 spiro atoms. The van der Waals surface area contributed by atoms with Crippen LogP contribution in [0.15, 0.2) is 24.3 Å². The first-order valence-electron chi connectivity index (χ1n) is 6.93. The van der Waals surface area contributed by atoms with Crippen LogP contribution in [0.5, 0.6) is 0 Å². The Morgan fingerprint density at radius 3 is 2.44 bits per heavy atom. The van der Waals surface area contributed by atoms with Crippen LogP contribution in [0.2, 0.25) is 0 Å². The van der Waals surface area contributed by atoms with Crippen molar-refractivity contribution in [2.75, 3.05) is 0 Å². The molecular formula is C16H21NO. The standard InChI is InChI=1S/C16H21NO/c17-11-10-16(18)12-13-6-8-15(9-7-13)14-4-2-1-3-5-14/h6-9,14,16,18H,1-5,10,12H2/t16-/m1/s1. The average molecular weight is 243 g/mol. The summed E-state index contributed by atoms with van der Waals surface area (Å²) in [6.45, 7) is 0. The smallest absolute Gasteiger partial charge is 0.0710 e. The zero-order valence-electron chi connectivity index (χ0n) is 10.8. The van der Waals surface area contributed by atoms with E-state index >= 15 is 0 Å². The van der Waals surface area contributed by atoms with Crippen molar-refractivity contribution < 1.29 is 5.11 Å². The molecule has 2 nitrogen and oxygen atoms in total. The van der Waals surface area contributed by atoms with Gasteiger partial charge in [-0.3, -0.25) is 0 Å². The Hall–Kier alpha value is -1.33. The maximum absolute atomic E-state index is 9.60. The van der Waals surface area contributed by atoms with E-state index < -0.39 is 6.10 Å². The minimum atomic E-state index is -0.532. The van der Waals surface area contributed by atoms with E-state index in [1.54, 1.807) is 0 Å². The SMILES string of the molecule is N#CC[C@@H](O)Cc1ccc(C2CCCCC2)cc1. The van der Waals surface area contributed by atoms with E-state index in [0.29, 0.717) is 6.42 Å². The van der Waals surface area contributed by atoms with Crippen LogP contribution < -0.4 is 0 Å². The van der Waals surface area contributed by atoms with Gasteiger partial charge >= 0.3 is 0 Å². The predicted molar refractivity (Wildman–Crippen MR) is 72.2 cm³/mol. The molecule has 2 heteroatoms. The number of benzene rings is 1. The number of aliphatic hydroxyl groups is 1. The van der Waals surface area contributed by atoms with Crippen molar-refractivity contribution in [1.82, 2.24) is 0 Å². The molecule has 1 fully saturated rings. The zero-order chi connectivity index (χ0) is 12.8. The van der Waals surface area contributed by atoms with Gasteiger partial charge in [-0.05, 0) is 36.3 Å². The molecule has 96 valence electrons. The van der Waals surface area contributed by atoms with Crippen molar-refractivity contribution in [3.8, 4) is 6.07 Å². The van der Waals surface area contributed by atoms with Gasteiger partial charge in [0.25, 0.3) is 0 Å². The third-order valence-corrected chi connectivity index (χ3v) is 3.85. The second kappa shape index (κ2) is 6.56. The Kier molecular flexibility index (Phi) is 4.78. The molecule has 0 radical (unpaired) electrons. The van der Waals surface area contributed by atoms with Crippen molar-refractivity contribution in [3.05, 3.63) is 35.4 Å². The maximum atomic E-state index is 9.60. The first-order chi connectivity index (χ1) is 8.79. The van der Waals surface area contributed by atoms with Crippen molar-refractivity contribution in [2.24, 2.45) is 0 Å². The normalized spacial score (nSPS) is 18.2. The summed E-state index contributed by atoms with van der Waals surface area (Å²) in [6.07, 6.45) is 6.99. The average Bonchev–Trinajstić information content (AvgIpc) is 2.41. The number of nitriles is 1. The van der Waals surface area contributed by atoms with E-state index in [4.69, 9.17) is 5.26 Å². The largest absolute Gasteiger partial charge is 0.392 e. The molecule has 0 unspecified atom stereocenters. The van der Waals surface area contributed by atoms with Crippen LogP contribution in [0.3, 0.4) is 0 Å². The maximum Gasteiger partial charge on any atom is 0.0710 e. The highest BCUT2D eigenvalue weighted by Crippen LogP contribution is 2.32. The van der Waals surface area contributed by atoms with Crippen molar-refractivity contribution >= 4 is 0 Å². The molecule has 1 saturated carbocycles. The summed E-state index contributed by atoms with van der Waals surface area (Å²) in [5.74, 6) is 0.733. The van der Waals surface area contributed by atoms with E-state index in [0.717, 1.165) is 11.5 Å². The summed E-state index contributed by atoms with van der Waals surface area (Å²) in [7, 11) is 0. The quantitative estimate of drug-likeness (QED) is 0.878. The van der Waals surface area contributed by atoms with E-state index in [1.165, 1.54) is 37.7 Å². The molecule has 1 atom stereocenters. The lowest BCUT2D eigenvalue weighted by atomic mass is 9.84. The molecule has 0 aliphatic heterocycles. The van der Waals surface area contributed by atoms with Crippen LogP contribution in [-0.2, 0) is 6.42 Å². The van der Waals surface area contributed by atoms with Crippen LogP contribution in [0.4, 0.5) is 0 Å². The Balaban J connectivity index is 1.94. The fourth-order valence-corrected chi connectivity index (χ4v) is 2.81. The highest BCUT2D eigenvalue weighted by Gasteiger charge is 2.15. The molecule has 1 N–H and O–H groups in total. The van der Waals surface area contributed by atoms with Gasteiger partial charge in [-0.15, -0.1) is 0 Å². The Labute approximate surface area is 109 Å². The molecule has 2 rings (SSSR count). The number of rotatable bonds is 4. The third kappa shape index (κ3) is 3.58. The topological polar surface area (TPSA) is 44.0 Å². The molecule has 1 aromatic rings. The van der Waals surface area contributed by atoms with E-state index in [9.17, 15) is 5.11 Å². The Morgan fingerprint density at radius 1 is 1.17 bits per heavy atom. The third-order valence-electron chi connectivity index (χ3n) is 3.85. The lowest BCUT2D eigenvalue weighted by molar-refractivity contribution is 0.180. The van der Waals surface area contributed by atoms with Crippen molar-refractivity contribution in [1.29, 1.82) is 5.26 Å². The number of hydrogen-bond donors (Lipinski definition) is 1. The summed E-state index contributed by atoms with van der Waals surface area (Å²) in [5, 5.41) is 18.1. The van der Waals surface area contributed by atoms with E-state index in [1.807, 2.05) is 6.07 Å². The number of nitrogens with zero attached hydrogens (tertiary/aromatic N) is 1. The molecule has 0 saturated heterocycles. The monoisotopic (exact) mass is 243 g/mol. The highest BCUT2D eigenvalue weighted by atomic mass is 16.3. The van der Waals surface area contributed by atoms with Gasteiger partial charge in [0.05, 0.1) is 18.6 Å². The lowest BCUT2D eigenvalue weighted by Gasteiger charge is -2.22. The van der Waals surface area contributed by atoms with E-state index in [-0.39, 0.29) is 6.42 Å². The molecule has 0 aromatic heterocycles. The molecule has 0 amide bonds. The molecule has 0 heterocycles. The summed E-state index contributed by atoms with van der Waals surface area (Å²) in [6, 6.07) is 10.6. The molecule has 0 bridgehead atoms. The minimum Gasteiger partial charge on any atom is -0.392 e. The lowest BCUT2D eigenvalue weighted by Crippen LogP contribution is -2.09. The first-order valence-corrected chi connectivity index (χ1v) is 6.93. The van der Waals surface area contributed by atoms with Crippen molar-refractivity contribution in [3.63, 3.8) is 0 Å². The van der Waals surface area contributed by atoms with Gasteiger partial charge in [0.2, 0.25) is 0 Å². The zero-order valence-corrected chi connectivity index (χ0v) is 10.8. The highest BCUT2D eigenvalue weighted by molar-refractivity contribution is 5.26. The summed E-state index contributed by atoms with van der Waals surface area (Å²) < 4.78 is 0. The van der Waals surface area contributed by atoms with Gasteiger partial charge in [-0.25, -0.2) is 0 Å². The summed E-state index contributed by atoms with van der Waals surface area (Å²) >= 11 is 0. The molecule has 1 aromatic carbocycles. The van der Waals surface area contributed by atoms with E-state index in [2.05, 4.69) is 24.3 Å². The van der Waals surface area contributed by atoms with Crippen LogP contribution in [-0.4, -0.2) is 11.2 Å². The fourth-order valence-electron chi connectivity index (χ4n) is 2.81. The fraction of sp³-hybridized carbons (Fsp3) is 0.562. The Morgan fingerprint density at radius 2 is 1.83 bits per heavy atom. The predicted octanol–water partition coefficient (Wildman–Crippen LogP) is 3.55. The minimum absolute atomic E-state index is 0.213. The van der Waals surface area contributed by atoms with Crippen LogP contribution in [0, 0.1) is 11.3 Å². The molecule has 1 aliphatic rings. The van der Waals surface area contributed by atoms with Crippen LogP contribution in [0.1, 0.15) is 55.6 Å². The van der Waals surface area contributed by atoms with Crippen LogP contribution >= 0.6 is 0 Å². The number of aliphatic hydroxyl groups excluding tert-OH is 1. The van der Waals surface area contributed by atoms with Gasteiger partial charge in [0.15, 0.2) is 0 Å². The summed E-state index contributed by atoms with van der Waals surface area (Å²) in [4.78, 5) is 0. The molecule has 1 aliphatic carbocycles. The van der Waals surface area contributed by atoms with Gasteiger partial charge in [-0.1, -0.05) is 43.5 Å². The van der Waals surface area contributed by atoms with Crippen molar-refractivity contribution in [2.45, 2.75) is 57.0 Å². The summed E-state index contributed by atoms with van der Waals surface area (Å²) in [5.41, 5.74) is 2.56. The second-order valence-electron chi connectivity index (χ2n) is 5.30. The van der Waals surface area contributed by atoms with Gasteiger partial charge < -0.3 is 5.11 Å². The van der Waals surface area contributed by atoms with Gasteiger partial charge in [0.1, 0.15) is 0 Å². The van der Waals surface area contributed by atoms with Crippen LogP contribution in [0.25, 0.3) is 0 Å². The first kappa shape index (κ1) is 13.1. The molecule has 18 heavy (non-hydrogen) atoms.